The first kappa shape index (κ1) is 12.9. The molecule has 0 saturated heterocycles. The van der Waals surface area contributed by atoms with Crippen LogP contribution in [0, 0.1) is 18.3 Å². The molecule has 1 heterocycles. The summed E-state index contributed by atoms with van der Waals surface area (Å²) in [4.78, 5) is 8.44. The van der Waals surface area contributed by atoms with Crippen molar-refractivity contribution in [2.24, 2.45) is 0 Å². The number of aryl methyl sites for hydroxylation is 1. The molecule has 0 bridgehead atoms. The van der Waals surface area contributed by atoms with Gasteiger partial charge in [-0.2, -0.15) is 5.26 Å². The van der Waals surface area contributed by atoms with E-state index >= 15 is 0 Å². The van der Waals surface area contributed by atoms with Gasteiger partial charge in [-0.15, -0.1) is 0 Å². The molecule has 1 rings (SSSR count). The van der Waals surface area contributed by atoms with Gasteiger partial charge in [-0.1, -0.05) is 18.7 Å². The van der Waals surface area contributed by atoms with Gasteiger partial charge in [0.15, 0.2) is 5.16 Å². The number of nitriles is 1. The molecule has 4 nitrogen and oxygen atoms in total. The van der Waals surface area contributed by atoms with Gasteiger partial charge >= 0.3 is 0 Å². The van der Waals surface area contributed by atoms with Crippen LogP contribution in [0.1, 0.15) is 19.5 Å². The van der Waals surface area contributed by atoms with E-state index in [4.69, 9.17) is 5.26 Å². The molecular weight excluding hydrogens is 220 g/mol. The van der Waals surface area contributed by atoms with Crippen LogP contribution in [0.5, 0.6) is 0 Å². The molecule has 0 aliphatic rings. The van der Waals surface area contributed by atoms with E-state index in [1.807, 2.05) is 26.8 Å². The Hall–Kier alpha value is -1.12. The minimum atomic E-state index is -0.521. The van der Waals surface area contributed by atoms with Crippen LogP contribution in [0.15, 0.2) is 17.4 Å². The summed E-state index contributed by atoms with van der Waals surface area (Å²) >= 11 is 1.50. The summed E-state index contributed by atoms with van der Waals surface area (Å²) in [6.07, 6.45) is 1.74. The molecular formula is C11H16N4S. The molecule has 0 saturated carbocycles. The van der Waals surface area contributed by atoms with E-state index in [0.717, 1.165) is 17.4 Å². The lowest BCUT2D eigenvalue weighted by molar-refractivity contribution is 0.511. The molecule has 0 amide bonds. The average Bonchev–Trinajstić information content (AvgIpc) is 2.27. The zero-order valence-electron chi connectivity index (χ0n) is 9.82. The lowest BCUT2D eigenvalue weighted by Gasteiger charge is -2.21. The third-order valence-corrected chi connectivity index (χ3v) is 3.25. The van der Waals surface area contributed by atoms with Crippen LogP contribution in [-0.2, 0) is 0 Å². The van der Waals surface area contributed by atoms with Gasteiger partial charge in [0.2, 0.25) is 0 Å². The number of nitrogens with zero attached hydrogens (tertiary/aromatic N) is 3. The minimum absolute atomic E-state index is 0.521. The molecule has 1 aromatic rings. The minimum Gasteiger partial charge on any atom is -0.299 e. The Kier molecular flexibility index (Phi) is 4.71. The molecule has 0 spiro atoms. The summed E-state index contributed by atoms with van der Waals surface area (Å²) in [5, 5.41) is 13.0. The van der Waals surface area contributed by atoms with Crippen LogP contribution < -0.4 is 5.32 Å². The van der Waals surface area contributed by atoms with E-state index in [2.05, 4.69) is 21.4 Å². The van der Waals surface area contributed by atoms with Crippen molar-refractivity contribution < 1.29 is 0 Å². The first-order valence-electron chi connectivity index (χ1n) is 5.18. The van der Waals surface area contributed by atoms with Gasteiger partial charge in [0, 0.05) is 17.6 Å². The van der Waals surface area contributed by atoms with E-state index in [-0.39, 0.29) is 0 Å². The standard InChI is InChI=1S/C11H16N4S/c1-4-14-11(3,7-12)8-16-10-13-6-5-9(2)15-10/h5-6,14H,4,8H2,1-3H3. The Bertz CT molecular complexity index is 388. The van der Waals surface area contributed by atoms with E-state index in [9.17, 15) is 0 Å². The number of hydrogen-bond acceptors (Lipinski definition) is 5. The van der Waals surface area contributed by atoms with Crippen molar-refractivity contribution in [3.8, 4) is 6.07 Å². The normalized spacial score (nSPS) is 14.1. The van der Waals surface area contributed by atoms with Crippen molar-refractivity contribution in [3.05, 3.63) is 18.0 Å². The molecule has 1 unspecified atom stereocenters. The SMILES string of the molecule is CCNC(C)(C#N)CSc1nccc(C)n1. The Balaban J connectivity index is 2.60. The highest BCUT2D eigenvalue weighted by molar-refractivity contribution is 7.99. The second-order valence-corrected chi connectivity index (χ2v) is 4.69. The van der Waals surface area contributed by atoms with Crippen LogP contribution in [0.3, 0.4) is 0 Å². The lowest BCUT2D eigenvalue weighted by atomic mass is 10.1. The molecule has 86 valence electrons. The smallest absolute Gasteiger partial charge is 0.187 e. The molecule has 16 heavy (non-hydrogen) atoms. The van der Waals surface area contributed by atoms with Crippen molar-refractivity contribution in [2.75, 3.05) is 12.3 Å². The van der Waals surface area contributed by atoms with Crippen LogP contribution in [-0.4, -0.2) is 27.8 Å². The van der Waals surface area contributed by atoms with Gasteiger partial charge in [0.05, 0.1) is 6.07 Å². The van der Waals surface area contributed by atoms with Crippen LogP contribution >= 0.6 is 11.8 Å². The summed E-state index contributed by atoms with van der Waals surface area (Å²) in [5.74, 6) is 0.640. The van der Waals surface area contributed by atoms with Gasteiger partial charge in [-0.25, -0.2) is 9.97 Å². The van der Waals surface area contributed by atoms with Crippen molar-refractivity contribution in [1.82, 2.24) is 15.3 Å². The summed E-state index contributed by atoms with van der Waals surface area (Å²) < 4.78 is 0. The zero-order valence-corrected chi connectivity index (χ0v) is 10.6. The Morgan fingerprint density at radius 3 is 2.94 bits per heavy atom. The fourth-order valence-electron chi connectivity index (χ4n) is 1.22. The highest BCUT2D eigenvalue weighted by Crippen LogP contribution is 2.18. The van der Waals surface area contributed by atoms with Crippen LogP contribution in [0.25, 0.3) is 0 Å². The highest BCUT2D eigenvalue weighted by Gasteiger charge is 2.22. The molecule has 0 aliphatic heterocycles. The second-order valence-electron chi connectivity index (χ2n) is 3.74. The molecule has 1 aromatic heterocycles. The number of thioether (sulfide) groups is 1. The molecule has 0 aromatic carbocycles. The first-order chi connectivity index (χ1) is 7.59. The molecule has 1 atom stereocenters. The van der Waals surface area contributed by atoms with Gasteiger partial charge in [-0.3, -0.25) is 5.32 Å². The number of nitrogens with one attached hydrogen (secondary N) is 1. The van der Waals surface area contributed by atoms with Gasteiger partial charge in [-0.05, 0) is 26.5 Å². The predicted octanol–water partition coefficient (Wildman–Crippen LogP) is 1.77. The maximum atomic E-state index is 9.08. The Morgan fingerprint density at radius 2 is 2.38 bits per heavy atom. The van der Waals surface area contributed by atoms with Crippen molar-refractivity contribution in [3.63, 3.8) is 0 Å². The van der Waals surface area contributed by atoms with E-state index in [0.29, 0.717) is 5.75 Å². The van der Waals surface area contributed by atoms with Gasteiger partial charge in [0.25, 0.3) is 0 Å². The Morgan fingerprint density at radius 1 is 1.62 bits per heavy atom. The third-order valence-electron chi connectivity index (χ3n) is 2.08. The lowest BCUT2D eigenvalue weighted by Crippen LogP contribution is -2.43. The van der Waals surface area contributed by atoms with Gasteiger partial charge in [0.1, 0.15) is 5.54 Å². The van der Waals surface area contributed by atoms with Crippen molar-refractivity contribution >= 4 is 11.8 Å². The summed E-state index contributed by atoms with van der Waals surface area (Å²) in [6.45, 7) is 6.58. The summed E-state index contributed by atoms with van der Waals surface area (Å²) in [7, 11) is 0. The zero-order chi connectivity index (χ0) is 12.0. The highest BCUT2D eigenvalue weighted by atomic mass is 32.2. The molecule has 5 heteroatoms. The summed E-state index contributed by atoms with van der Waals surface area (Å²) in [6, 6.07) is 4.14. The van der Waals surface area contributed by atoms with E-state index in [1.54, 1.807) is 6.20 Å². The average molecular weight is 236 g/mol. The van der Waals surface area contributed by atoms with E-state index < -0.39 is 5.54 Å². The Labute approximate surface area is 100 Å². The van der Waals surface area contributed by atoms with E-state index in [1.165, 1.54) is 11.8 Å². The molecule has 0 fully saturated rings. The second kappa shape index (κ2) is 5.83. The van der Waals surface area contributed by atoms with Crippen molar-refractivity contribution in [2.45, 2.75) is 31.5 Å². The fraction of sp³-hybridized carbons (Fsp3) is 0.545. The van der Waals surface area contributed by atoms with Crippen LogP contribution in [0.4, 0.5) is 0 Å². The molecule has 0 radical (unpaired) electrons. The molecule has 0 aliphatic carbocycles. The summed E-state index contributed by atoms with van der Waals surface area (Å²) in [5.41, 5.74) is 0.423. The van der Waals surface area contributed by atoms with Crippen molar-refractivity contribution in [1.29, 1.82) is 5.26 Å². The maximum Gasteiger partial charge on any atom is 0.187 e. The fourth-order valence-corrected chi connectivity index (χ4v) is 2.15. The third kappa shape index (κ3) is 3.80. The maximum absolute atomic E-state index is 9.08. The largest absolute Gasteiger partial charge is 0.299 e. The number of rotatable bonds is 5. The number of hydrogen-bond donors (Lipinski definition) is 1. The first-order valence-corrected chi connectivity index (χ1v) is 6.17. The number of aromatic nitrogens is 2. The topological polar surface area (TPSA) is 61.6 Å². The monoisotopic (exact) mass is 236 g/mol. The van der Waals surface area contributed by atoms with Crippen LogP contribution in [0.2, 0.25) is 0 Å². The predicted molar refractivity (Wildman–Crippen MR) is 65.2 cm³/mol. The molecule has 1 N–H and O–H groups in total. The quantitative estimate of drug-likeness (QED) is 0.623. The van der Waals surface area contributed by atoms with Gasteiger partial charge < -0.3 is 0 Å².